The summed E-state index contributed by atoms with van der Waals surface area (Å²) in [7, 11) is 0. The third-order valence-electron chi connectivity index (χ3n) is 2.82. The Hall–Kier alpha value is -1.49. The molecule has 0 unspecified atom stereocenters. The summed E-state index contributed by atoms with van der Waals surface area (Å²) in [6, 6.07) is 3.57. The molecule has 1 amide bonds. The minimum atomic E-state index is -0.215. The minimum absolute atomic E-state index is 0.0537. The van der Waals surface area contributed by atoms with Gasteiger partial charge in [0.1, 0.15) is 5.78 Å². The Bertz CT molecular complexity index is 489. The van der Waals surface area contributed by atoms with E-state index >= 15 is 0 Å². The first-order valence-corrected chi connectivity index (χ1v) is 6.75. The highest BCUT2D eigenvalue weighted by atomic mass is 32.1. The molecule has 0 saturated heterocycles. The van der Waals surface area contributed by atoms with Gasteiger partial charge in [-0.2, -0.15) is 5.10 Å². The van der Waals surface area contributed by atoms with Crippen LogP contribution in [0.25, 0.3) is 0 Å². The van der Waals surface area contributed by atoms with E-state index in [0.717, 1.165) is 12.1 Å². The molecule has 1 N–H and O–H groups in total. The van der Waals surface area contributed by atoms with Gasteiger partial charge in [0.25, 0.3) is 5.91 Å². The van der Waals surface area contributed by atoms with Crippen molar-refractivity contribution in [3.63, 3.8) is 0 Å². The third kappa shape index (κ3) is 3.26. The van der Waals surface area contributed by atoms with Gasteiger partial charge in [-0.3, -0.25) is 9.59 Å². The molecule has 4 nitrogen and oxygen atoms in total. The molecule has 0 radical (unpaired) electrons. The van der Waals surface area contributed by atoms with Crippen LogP contribution in [-0.4, -0.2) is 17.4 Å². The van der Waals surface area contributed by atoms with Crippen molar-refractivity contribution in [2.24, 2.45) is 10.5 Å². The minimum Gasteiger partial charge on any atom is -0.299 e. The molecular formula is C13H16N2O2S. The van der Waals surface area contributed by atoms with Gasteiger partial charge in [0.05, 0.1) is 4.88 Å². The summed E-state index contributed by atoms with van der Waals surface area (Å²) < 4.78 is 0. The molecular weight excluding hydrogens is 248 g/mol. The normalized spacial score (nSPS) is 21.0. The molecule has 96 valence electrons. The molecule has 0 aliphatic heterocycles. The van der Waals surface area contributed by atoms with E-state index in [2.05, 4.69) is 10.5 Å². The largest absolute Gasteiger partial charge is 0.299 e. The van der Waals surface area contributed by atoms with Crippen molar-refractivity contribution < 1.29 is 9.59 Å². The summed E-state index contributed by atoms with van der Waals surface area (Å²) in [6.07, 6.45) is 1.70. The number of rotatable bonds is 2. The first-order valence-electron chi connectivity index (χ1n) is 5.87. The van der Waals surface area contributed by atoms with Crippen LogP contribution in [0, 0.1) is 5.41 Å². The standard InChI is InChI=1S/C13H16N2O2S/c1-13(2)7-9(6-10(16)8-13)14-15-12(17)11-4-3-5-18-11/h3-5H,6-8H2,1-2H3,(H,15,17)/b14-9-. The highest BCUT2D eigenvalue weighted by Crippen LogP contribution is 2.31. The maximum atomic E-state index is 11.7. The lowest BCUT2D eigenvalue weighted by Crippen LogP contribution is -2.31. The molecule has 0 aromatic carbocycles. The lowest BCUT2D eigenvalue weighted by Gasteiger charge is -2.28. The van der Waals surface area contributed by atoms with Gasteiger partial charge < -0.3 is 0 Å². The van der Waals surface area contributed by atoms with E-state index in [1.54, 1.807) is 6.07 Å². The van der Waals surface area contributed by atoms with Gasteiger partial charge in [0.15, 0.2) is 0 Å². The smallest absolute Gasteiger partial charge is 0.281 e. The highest BCUT2D eigenvalue weighted by Gasteiger charge is 2.30. The van der Waals surface area contributed by atoms with E-state index in [1.807, 2.05) is 25.3 Å². The van der Waals surface area contributed by atoms with E-state index in [9.17, 15) is 9.59 Å². The number of carbonyl (C=O) groups excluding carboxylic acids is 2. The van der Waals surface area contributed by atoms with Crippen LogP contribution in [0.3, 0.4) is 0 Å². The molecule has 18 heavy (non-hydrogen) atoms. The van der Waals surface area contributed by atoms with Crippen LogP contribution in [0.2, 0.25) is 0 Å². The second-order valence-corrected chi connectivity index (χ2v) is 6.28. The Morgan fingerprint density at radius 2 is 2.22 bits per heavy atom. The fraction of sp³-hybridized carbons (Fsp3) is 0.462. The number of nitrogens with zero attached hydrogens (tertiary/aromatic N) is 1. The lowest BCUT2D eigenvalue weighted by atomic mass is 9.76. The van der Waals surface area contributed by atoms with Crippen molar-refractivity contribution in [3.8, 4) is 0 Å². The topological polar surface area (TPSA) is 58.5 Å². The number of hydrazone groups is 1. The number of amides is 1. The van der Waals surface area contributed by atoms with E-state index in [-0.39, 0.29) is 17.1 Å². The number of hydrogen-bond acceptors (Lipinski definition) is 4. The second kappa shape index (κ2) is 5.02. The van der Waals surface area contributed by atoms with E-state index in [0.29, 0.717) is 17.7 Å². The molecule has 1 aromatic heterocycles. The zero-order chi connectivity index (χ0) is 13.2. The molecule has 0 bridgehead atoms. The molecule has 2 rings (SSSR count). The molecule has 0 atom stereocenters. The zero-order valence-electron chi connectivity index (χ0n) is 10.5. The molecule has 1 aromatic rings. The van der Waals surface area contributed by atoms with Gasteiger partial charge >= 0.3 is 0 Å². The molecule has 1 saturated carbocycles. The van der Waals surface area contributed by atoms with Crippen LogP contribution in [0.4, 0.5) is 0 Å². The summed E-state index contributed by atoms with van der Waals surface area (Å²) >= 11 is 1.37. The maximum Gasteiger partial charge on any atom is 0.281 e. The SMILES string of the molecule is CC1(C)CC(=O)C/C(=N/NC(=O)c2cccs2)C1. The van der Waals surface area contributed by atoms with Crippen molar-refractivity contribution in [1.82, 2.24) is 5.43 Å². The van der Waals surface area contributed by atoms with Gasteiger partial charge in [0, 0.05) is 18.6 Å². The van der Waals surface area contributed by atoms with Crippen molar-refractivity contribution in [3.05, 3.63) is 22.4 Å². The average Bonchev–Trinajstić information content (AvgIpc) is 2.76. The van der Waals surface area contributed by atoms with Gasteiger partial charge in [-0.15, -0.1) is 11.3 Å². The van der Waals surface area contributed by atoms with Crippen molar-refractivity contribution in [2.75, 3.05) is 0 Å². The maximum absolute atomic E-state index is 11.7. The van der Waals surface area contributed by atoms with Crippen molar-refractivity contribution in [1.29, 1.82) is 0 Å². The summed E-state index contributed by atoms with van der Waals surface area (Å²) in [5.41, 5.74) is 3.23. The molecule has 5 heteroatoms. The Labute approximate surface area is 110 Å². The molecule has 1 aliphatic rings. The van der Waals surface area contributed by atoms with E-state index in [4.69, 9.17) is 0 Å². The summed E-state index contributed by atoms with van der Waals surface area (Å²) in [4.78, 5) is 23.9. The molecule has 0 spiro atoms. The number of hydrogen-bond donors (Lipinski definition) is 1. The first kappa shape index (κ1) is 13.0. The first-order chi connectivity index (χ1) is 8.46. The number of thiophene rings is 1. The van der Waals surface area contributed by atoms with Crippen LogP contribution in [0.1, 0.15) is 42.8 Å². The Kier molecular flexibility index (Phi) is 3.61. The quantitative estimate of drug-likeness (QED) is 0.835. The summed E-state index contributed by atoms with van der Waals surface area (Å²) in [5.74, 6) is -0.0244. The number of carbonyl (C=O) groups is 2. The van der Waals surface area contributed by atoms with E-state index < -0.39 is 0 Å². The predicted molar refractivity (Wildman–Crippen MR) is 71.9 cm³/mol. The van der Waals surface area contributed by atoms with Gasteiger partial charge in [-0.25, -0.2) is 5.43 Å². The average molecular weight is 264 g/mol. The summed E-state index contributed by atoms with van der Waals surface area (Å²) in [6.45, 7) is 4.08. The second-order valence-electron chi connectivity index (χ2n) is 5.33. The lowest BCUT2D eigenvalue weighted by molar-refractivity contribution is -0.120. The van der Waals surface area contributed by atoms with Crippen molar-refractivity contribution in [2.45, 2.75) is 33.1 Å². The molecule has 1 aliphatic carbocycles. The number of Topliss-reactive ketones (excluding diaryl/α,β-unsaturated/α-hetero) is 1. The number of nitrogens with one attached hydrogen (secondary N) is 1. The van der Waals surface area contributed by atoms with Crippen LogP contribution >= 0.6 is 11.3 Å². The Morgan fingerprint density at radius 3 is 2.83 bits per heavy atom. The van der Waals surface area contributed by atoms with Gasteiger partial charge in [-0.1, -0.05) is 19.9 Å². The fourth-order valence-corrected chi connectivity index (χ4v) is 2.79. The van der Waals surface area contributed by atoms with Crippen LogP contribution in [0.15, 0.2) is 22.6 Å². The van der Waals surface area contributed by atoms with Gasteiger partial charge in [-0.05, 0) is 23.3 Å². The molecule has 1 fully saturated rings. The van der Waals surface area contributed by atoms with Gasteiger partial charge in [0.2, 0.25) is 0 Å². The monoisotopic (exact) mass is 264 g/mol. The number of ketones is 1. The predicted octanol–water partition coefficient (Wildman–Crippen LogP) is 2.61. The van der Waals surface area contributed by atoms with Crippen LogP contribution in [0.5, 0.6) is 0 Å². The summed E-state index contributed by atoms with van der Waals surface area (Å²) in [5, 5.41) is 5.93. The van der Waals surface area contributed by atoms with Crippen molar-refractivity contribution >= 4 is 28.7 Å². The molecule has 1 heterocycles. The Balaban J connectivity index is 2.01. The highest BCUT2D eigenvalue weighted by molar-refractivity contribution is 7.12. The van der Waals surface area contributed by atoms with Crippen LogP contribution in [-0.2, 0) is 4.79 Å². The van der Waals surface area contributed by atoms with E-state index in [1.165, 1.54) is 11.3 Å². The Morgan fingerprint density at radius 1 is 1.44 bits per heavy atom. The fourth-order valence-electron chi connectivity index (χ4n) is 2.17. The van der Waals surface area contributed by atoms with Crippen LogP contribution < -0.4 is 5.43 Å². The zero-order valence-corrected chi connectivity index (χ0v) is 11.3. The third-order valence-corrected chi connectivity index (χ3v) is 3.69.